The Balaban J connectivity index is 2.64. The molecule has 0 bridgehead atoms. The minimum absolute atomic E-state index is 0.0420. The van der Waals surface area contributed by atoms with Gasteiger partial charge in [-0.2, -0.15) is 0 Å². The first-order chi connectivity index (χ1) is 9.43. The van der Waals surface area contributed by atoms with E-state index in [0.29, 0.717) is 18.4 Å². The molecule has 7 heteroatoms. The predicted molar refractivity (Wildman–Crippen MR) is 71.7 cm³/mol. The van der Waals surface area contributed by atoms with Crippen molar-refractivity contribution in [2.45, 2.75) is 26.2 Å². The number of nitro benzene ring substituents is 1. The van der Waals surface area contributed by atoms with Crippen LogP contribution in [0, 0.1) is 17.0 Å². The van der Waals surface area contributed by atoms with Crippen molar-refractivity contribution >= 4 is 17.6 Å². The summed E-state index contributed by atoms with van der Waals surface area (Å²) in [4.78, 5) is 32.6. The summed E-state index contributed by atoms with van der Waals surface area (Å²) in [5, 5.41) is 21.9. The fourth-order valence-electron chi connectivity index (χ4n) is 1.79. The highest BCUT2D eigenvalue weighted by Gasteiger charge is 2.21. The molecule has 108 valence electrons. The van der Waals surface area contributed by atoms with Crippen molar-refractivity contribution in [3.05, 3.63) is 39.4 Å². The first kappa shape index (κ1) is 15.6. The lowest BCUT2D eigenvalue weighted by molar-refractivity contribution is -0.385. The molecule has 0 saturated carbocycles. The number of amides is 1. The third-order valence-electron chi connectivity index (χ3n) is 2.78. The number of benzene rings is 1. The zero-order valence-corrected chi connectivity index (χ0v) is 11.1. The molecule has 0 spiro atoms. The lowest BCUT2D eigenvalue weighted by atomic mass is 10.1. The van der Waals surface area contributed by atoms with Crippen LogP contribution in [-0.4, -0.2) is 28.5 Å². The van der Waals surface area contributed by atoms with Crippen LogP contribution in [0.4, 0.5) is 5.69 Å². The predicted octanol–water partition coefficient (Wildman–Crippen LogP) is 1.89. The third kappa shape index (κ3) is 4.34. The Labute approximate surface area is 115 Å². The van der Waals surface area contributed by atoms with Gasteiger partial charge < -0.3 is 10.4 Å². The lowest BCUT2D eigenvalue weighted by Gasteiger charge is -2.07. The molecule has 0 unspecified atom stereocenters. The summed E-state index contributed by atoms with van der Waals surface area (Å²) in [6.45, 7) is 1.92. The minimum Gasteiger partial charge on any atom is -0.481 e. The van der Waals surface area contributed by atoms with Gasteiger partial charge in [0.05, 0.1) is 4.92 Å². The summed E-state index contributed by atoms with van der Waals surface area (Å²) in [6, 6.07) is 4.44. The molecule has 0 fully saturated rings. The molecule has 0 aliphatic heterocycles. The van der Waals surface area contributed by atoms with Crippen molar-refractivity contribution in [1.82, 2.24) is 5.32 Å². The van der Waals surface area contributed by atoms with Crippen LogP contribution >= 0.6 is 0 Å². The van der Waals surface area contributed by atoms with Crippen molar-refractivity contribution in [2.24, 2.45) is 0 Å². The smallest absolute Gasteiger partial charge is 0.303 e. The van der Waals surface area contributed by atoms with Gasteiger partial charge >= 0.3 is 5.97 Å². The van der Waals surface area contributed by atoms with E-state index in [2.05, 4.69) is 5.32 Å². The highest BCUT2D eigenvalue weighted by Crippen LogP contribution is 2.21. The number of unbranched alkanes of at least 4 members (excludes halogenated alkanes) is 1. The monoisotopic (exact) mass is 280 g/mol. The zero-order chi connectivity index (χ0) is 15.1. The lowest BCUT2D eigenvalue weighted by Crippen LogP contribution is -2.26. The zero-order valence-electron chi connectivity index (χ0n) is 11.1. The number of rotatable bonds is 7. The van der Waals surface area contributed by atoms with Crippen LogP contribution in [0.5, 0.6) is 0 Å². The van der Waals surface area contributed by atoms with Gasteiger partial charge in [0, 0.05) is 19.0 Å². The maximum absolute atomic E-state index is 12.0. The van der Waals surface area contributed by atoms with Crippen LogP contribution < -0.4 is 5.32 Å². The van der Waals surface area contributed by atoms with Gasteiger partial charge in [0.15, 0.2) is 0 Å². The maximum atomic E-state index is 12.0. The second-order valence-electron chi connectivity index (χ2n) is 4.33. The fraction of sp³-hybridized carbons (Fsp3) is 0.385. The number of nitrogens with one attached hydrogen (secondary N) is 1. The average Bonchev–Trinajstić information content (AvgIpc) is 2.37. The minimum atomic E-state index is -0.883. The number of carboxylic acid groups (broad SMARTS) is 1. The van der Waals surface area contributed by atoms with Crippen molar-refractivity contribution in [3.63, 3.8) is 0 Å². The summed E-state index contributed by atoms with van der Waals surface area (Å²) in [6.07, 6.45) is 1.00. The van der Waals surface area contributed by atoms with Gasteiger partial charge in [-0.15, -0.1) is 0 Å². The number of hydrogen-bond acceptors (Lipinski definition) is 4. The molecule has 1 aromatic carbocycles. The average molecular weight is 280 g/mol. The normalized spacial score (nSPS) is 10.1. The number of aryl methyl sites for hydroxylation is 1. The first-order valence-electron chi connectivity index (χ1n) is 6.17. The number of carboxylic acids is 1. The van der Waals surface area contributed by atoms with E-state index in [-0.39, 0.29) is 24.2 Å². The van der Waals surface area contributed by atoms with Crippen molar-refractivity contribution in [2.75, 3.05) is 6.54 Å². The Bertz CT molecular complexity index is 527. The van der Waals surface area contributed by atoms with Crippen LogP contribution in [0.15, 0.2) is 18.2 Å². The van der Waals surface area contributed by atoms with Crippen LogP contribution in [0.25, 0.3) is 0 Å². The second kappa shape index (κ2) is 7.22. The molecule has 0 aliphatic rings. The van der Waals surface area contributed by atoms with E-state index in [0.717, 1.165) is 0 Å². The van der Waals surface area contributed by atoms with E-state index in [4.69, 9.17) is 5.11 Å². The molecule has 7 nitrogen and oxygen atoms in total. The number of hydrogen-bond donors (Lipinski definition) is 2. The number of carbonyl (C=O) groups is 2. The van der Waals surface area contributed by atoms with Crippen LogP contribution in [-0.2, 0) is 4.79 Å². The SMILES string of the molecule is Cc1cccc([N+](=O)[O-])c1C(=O)NCCCCC(=O)O. The molecular weight excluding hydrogens is 264 g/mol. The molecule has 0 heterocycles. The molecule has 0 radical (unpaired) electrons. The van der Waals surface area contributed by atoms with E-state index >= 15 is 0 Å². The van der Waals surface area contributed by atoms with Gasteiger partial charge in [0.2, 0.25) is 0 Å². The number of aliphatic carboxylic acids is 1. The Morgan fingerprint density at radius 2 is 2.05 bits per heavy atom. The largest absolute Gasteiger partial charge is 0.481 e. The molecule has 0 saturated heterocycles. The molecule has 1 amide bonds. The summed E-state index contributed by atoms with van der Waals surface area (Å²) in [5.74, 6) is -1.39. The molecule has 1 rings (SSSR count). The quantitative estimate of drug-likeness (QED) is 0.450. The van der Waals surface area contributed by atoms with Crippen molar-refractivity contribution in [1.29, 1.82) is 0 Å². The van der Waals surface area contributed by atoms with Crippen LogP contribution in [0.3, 0.4) is 0 Å². The van der Waals surface area contributed by atoms with Gasteiger partial charge in [0.25, 0.3) is 11.6 Å². The summed E-state index contributed by atoms with van der Waals surface area (Å²) >= 11 is 0. The van der Waals surface area contributed by atoms with Crippen LogP contribution in [0.1, 0.15) is 35.2 Å². The van der Waals surface area contributed by atoms with E-state index < -0.39 is 16.8 Å². The maximum Gasteiger partial charge on any atom is 0.303 e. The van der Waals surface area contributed by atoms with Gasteiger partial charge in [-0.25, -0.2) is 0 Å². The van der Waals surface area contributed by atoms with Gasteiger partial charge in [-0.1, -0.05) is 12.1 Å². The topological polar surface area (TPSA) is 110 Å². The molecule has 1 aromatic rings. The van der Waals surface area contributed by atoms with E-state index in [1.807, 2.05) is 0 Å². The molecule has 0 aliphatic carbocycles. The first-order valence-corrected chi connectivity index (χ1v) is 6.17. The molecule has 2 N–H and O–H groups in total. The number of nitro groups is 1. The van der Waals surface area contributed by atoms with Crippen molar-refractivity contribution in [3.8, 4) is 0 Å². The highest BCUT2D eigenvalue weighted by atomic mass is 16.6. The Kier molecular flexibility index (Phi) is 5.64. The molecule has 20 heavy (non-hydrogen) atoms. The number of nitrogens with zero attached hydrogens (tertiary/aromatic N) is 1. The fourth-order valence-corrected chi connectivity index (χ4v) is 1.79. The Morgan fingerprint density at radius 3 is 2.65 bits per heavy atom. The number of carbonyl (C=O) groups excluding carboxylic acids is 1. The highest BCUT2D eigenvalue weighted by molar-refractivity contribution is 5.99. The third-order valence-corrected chi connectivity index (χ3v) is 2.78. The van der Waals surface area contributed by atoms with Gasteiger partial charge in [-0.05, 0) is 25.3 Å². The summed E-state index contributed by atoms with van der Waals surface area (Å²) in [7, 11) is 0. The molecule has 0 aromatic heterocycles. The Hall–Kier alpha value is -2.44. The Morgan fingerprint density at radius 1 is 1.35 bits per heavy atom. The van der Waals surface area contributed by atoms with Crippen molar-refractivity contribution < 1.29 is 19.6 Å². The summed E-state index contributed by atoms with van der Waals surface area (Å²) in [5.41, 5.74) is 0.353. The van der Waals surface area contributed by atoms with Gasteiger partial charge in [0.1, 0.15) is 5.56 Å². The van der Waals surface area contributed by atoms with Gasteiger partial charge in [-0.3, -0.25) is 19.7 Å². The summed E-state index contributed by atoms with van der Waals surface area (Å²) < 4.78 is 0. The van der Waals surface area contributed by atoms with E-state index in [1.165, 1.54) is 12.1 Å². The van der Waals surface area contributed by atoms with Crippen LogP contribution in [0.2, 0.25) is 0 Å². The second-order valence-corrected chi connectivity index (χ2v) is 4.33. The molecular formula is C13H16N2O5. The van der Waals surface area contributed by atoms with E-state index in [9.17, 15) is 19.7 Å². The van der Waals surface area contributed by atoms with E-state index in [1.54, 1.807) is 13.0 Å². The molecule has 0 atom stereocenters. The standard InChI is InChI=1S/C13H16N2O5/c1-9-5-4-6-10(15(19)20)12(9)13(18)14-8-3-2-7-11(16)17/h4-6H,2-3,7-8H2,1H3,(H,14,18)(H,16,17).